The topological polar surface area (TPSA) is 128 Å². The lowest BCUT2D eigenvalue weighted by atomic mass is 10.0. The summed E-state index contributed by atoms with van der Waals surface area (Å²) in [5.74, 6) is 0.739. The Bertz CT molecular complexity index is 1350. The van der Waals surface area contributed by atoms with E-state index >= 15 is 0 Å². The lowest BCUT2D eigenvalue weighted by molar-refractivity contribution is 0.0671. The van der Waals surface area contributed by atoms with Crippen LogP contribution in [0.3, 0.4) is 0 Å². The third kappa shape index (κ3) is 5.05. The molecule has 36 heavy (non-hydrogen) atoms. The molecule has 3 N–H and O–H groups in total. The SMILES string of the molecule is CN(C)C(=O)Nc1cncc(-c2ccc3[nH]nc(C(=O)NC4=CN=C(N5CCOCC5)CC4)c3c2)c1. The van der Waals surface area contributed by atoms with Crippen molar-refractivity contribution in [3.05, 3.63) is 54.3 Å². The number of fused-ring (bicyclic) bond motifs is 1. The number of allylic oxidation sites excluding steroid dienone is 1. The maximum Gasteiger partial charge on any atom is 0.321 e. The summed E-state index contributed by atoms with van der Waals surface area (Å²) in [5, 5.41) is 13.6. The number of hydrogen-bond acceptors (Lipinski definition) is 7. The summed E-state index contributed by atoms with van der Waals surface area (Å²) in [4.78, 5) is 37.6. The van der Waals surface area contributed by atoms with Gasteiger partial charge in [0.2, 0.25) is 0 Å². The monoisotopic (exact) mass is 488 g/mol. The summed E-state index contributed by atoms with van der Waals surface area (Å²) in [6.07, 6.45) is 6.50. The van der Waals surface area contributed by atoms with Crippen molar-refractivity contribution in [2.75, 3.05) is 45.7 Å². The second-order valence-corrected chi connectivity index (χ2v) is 8.87. The molecule has 0 bridgehead atoms. The molecule has 0 aliphatic carbocycles. The van der Waals surface area contributed by atoms with Crippen LogP contribution in [0.25, 0.3) is 22.0 Å². The third-order valence-corrected chi connectivity index (χ3v) is 6.14. The molecule has 2 aliphatic rings. The van der Waals surface area contributed by atoms with Crippen molar-refractivity contribution in [3.63, 3.8) is 0 Å². The molecule has 11 heteroatoms. The van der Waals surface area contributed by atoms with Gasteiger partial charge in [0.25, 0.3) is 5.91 Å². The van der Waals surface area contributed by atoms with Crippen molar-refractivity contribution >= 4 is 34.4 Å². The molecule has 2 aromatic heterocycles. The number of ether oxygens (including phenoxy) is 1. The lowest BCUT2D eigenvalue weighted by Gasteiger charge is -2.31. The molecule has 11 nitrogen and oxygen atoms in total. The number of hydrogen-bond donors (Lipinski definition) is 3. The Kier molecular flexibility index (Phi) is 6.63. The zero-order valence-electron chi connectivity index (χ0n) is 20.2. The van der Waals surface area contributed by atoms with E-state index in [1.807, 2.05) is 24.3 Å². The van der Waals surface area contributed by atoms with Crippen molar-refractivity contribution < 1.29 is 14.3 Å². The van der Waals surface area contributed by atoms with Crippen LogP contribution in [0.15, 0.2) is 53.5 Å². The Hall–Kier alpha value is -4.25. The molecule has 4 heterocycles. The summed E-state index contributed by atoms with van der Waals surface area (Å²) in [7, 11) is 3.34. The lowest BCUT2D eigenvalue weighted by Crippen LogP contribution is -2.41. The van der Waals surface area contributed by atoms with Gasteiger partial charge in [-0.05, 0) is 30.2 Å². The van der Waals surface area contributed by atoms with Gasteiger partial charge in [0.1, 0.15) is 5.84 Å². The molecular formula is C25H28N8O3. The van der Waals surface area contributed by atoms with Crippen molar-refractivity contribution in [1.82, 2.24) is 30.3 Å². The second kappa shape index (κ2) is 10.2. The molecule has 186 valence electrons. The number of amides is 3. The van der Waals surface area contributed by atoms with Gasteiger partial charge in [-0.2, -0.15) is 5.10 Å². The first-order chi connectivity index (χ1) is 17.5. The number of carbonyl (C=O) groups is 2. The van der Waals surface area contributed by atoms with Gasteiger partial charge in [-0.15, -0.1) is 0 Å². The minimum absolute atomic E-state index is 0.239. The van der Waals surface area contributed by atoms with Gasteiger partial charge in [0.15, 0.2) is 5.69 Å². The third-order valence-electron chi connectivity index (χ3n) is 6.14. The number of H-pyrrole nitrogens is 1. The van der Waals surface area contributed by atoms with E-state index in [4.69, 9.17) is 4.74 Å². The second-order valence-electron chi connectivity index (χ2n) is 8.87. The normalized spacial score (nSPS) is 15.8. The van der Waals surface area contributed by atoms with Crippen LogP contribution in [0.2, 0.25) is 0 Å². The van der Waals surface area contributed by atoms with E-state index in [9.17, 15) is 9.59 Å². The average Bonchev–Trinajstić information content (AvgIpc) is 3.33. The van der Waals surface area contributed by atoms with E-state index in [1.165, 1.54) is 4.90 Å². The summed E-state index contributed by atoms with van der Waals surface area (Å²) in [6.45, 7) is 3.12. The molecule has 0 spiro atoms. The van der Waals surface area contributed by atoms with Crippen molar-refractivity contribution in [2.24, 2.45) is 4.99 Å². The number of nitrogens with zero attached hydrogens (tertiary/aromatic N) is 5. The first-order valence-electron chi connectivity index (χ1n) is 11.8. The number of amidine groups is 1. The number of rotatable bonds is 4. The number of benzene rings is 1. The summed E-state index contributed by atoms with van der Waals surface area (Å²) >= 11 is 0. The highest BCUT2D eigenvalue weighted by Crippen LogP contribution is 2.27. The van der Waals surface area contributed by atoms with Crippen LogP contribution in [0.1, 0.15) is 23.3 Å². The summed E-state index contributed by atoms with van der Waals surface area (Å²) in [5.41, 5.74) is 4.06. The highest BCUT2D eigenvalue weighted by molar-refractivity contribution is 6.06. The quantitative estimate of drug-likeness (QED) is 0.518. The van der Waals surface area contributed by atoms with Crippen molar-refractivity contribution in [3.8, 4) is 11.1 Å². The molecule has 1 fully saturated rings. The van der Waals surface area contributed by atoms with Crippen LogP contribution >= 0.6 is 0 Å². The largest absolute Gasteiger partial charge is 0.378 e. The standard InChI is InChI=1S/C25H28N8O3/c1-32(2)25(35)29-19-11-17(13-26-14-19)16-3-5-21-20(12-16)23(31-30-21)24(34)28-18-4-6-22(27-15-18)33-7-9-36-10-8-33/h3,5,11-15H,4,6-10H2,1-2H3,(H,28,34)(H,29,35)(H,30,31). The molecular weight excluding hydrogens is 460 g/mol. The van der Waals surface area contributed by atoms with Crippen LogP contribution in [-0.4, -0.2) is 83.2 Å². The predicted octanol–water partition coefficient (Wildman–Crippen LogP) is 2.81. The smallest absolute Gasteiger partial charge is 0.321 e. The molecule has 5 rings (SSSR count). The molecule has 1 aromatic carbocycles. The van der Waals surface area contributed by atoms with E-state index in [2.05, 4.69) is 35.7 Å². The average molecular weight is 489 g/mol. The van der Waals surface area contributed by atoms with E-state index in [0.29, 0.717) is 36.4 Å². The number of pyridine rings is 1. The number of urea groups is 1. The molecule has 2 aliphatic heterocycles. The van der Waals surface area contributed by atoms with Gasteiger partial charge in [-0.1, -0.05) is 6.07 Å². The van der Waals surface area contributed by atoms with Crippen LogP contribution in [-0.2, 0) is 4.74 Å². The predicted molar refractivity (Wildman–Crippen MR) is 137 cm³/mol. The van der Waals surface area contributed by atoms with Gasteiger partial charge in [0.05, 0.1) is 30.6 Å². The Morgan fingerprint density at radius 1 is 1.06 bits per heavy atom. The molecule has 1 saturated heterocycles. The van der Waals surface area contributed by atoms with Gasteiger partial charge >= 0.3 is 6.03 Å². The van der Waals surface area contributed by atoms with Gasteiger partial charge in [-0.25, -0.2) is 9.79 Å². The molecule has 3 aromatic rings. The number of aromatic amines is 1. The Labute approximate surface area is 208 Å². The van der Waals surface area contributed by atoms with Gasteiger partial charge < -0.3 is 25.2 Å². The number of nitrogens with one attached hydrogen (secondary N) is 3. The molecule has 3 amide bonds. The minimum atomic E-state index is -0.292. The highest BCUT2D eigenvalue weighted by atomic mass is 16.5. The molecule has 0 saturated carbocycles. The highest BCUT2D eigenvalue weighted by Gasteiger charge is 2.20. The number of anilines is 1. The fourth-order valence-corrected chi connectivity index (χ4v) is 4.16. The summed E-state index contributed by atoms with van der Waals surface area (Å²) < 4.78 is 5.41. The fraction of sp³-hybridized carbons (Fsp3) is 0.320. The van der Waals surface area contributed by atoms with E-state index in [0.717, 1.165) is 47.7 Å². The van der Waals surface area contributed by atoms with Gasteiger partial charge in [-0.3, -0.25) is 14.9 Å². The Morgan fingerprint density at radius 3 is 2.64 bits per heavy atom. The molecule has 0 radical (unpaired) electrons. The van der Waals surface area contributed by atoms with Gasteiger partial charge in [0, 0.05) is 62.6 Å². The van der Waals surface area contributed by atoms with Crippen LogP contribution in [0.5, 0.6) is 0 Å². The fourth-order valence-electron chi connectivity index (χ4n) is 4.16. The number of aromatic nitrogens is 3. The minimum Gasteiger partial charge on any atom is -0.378 e. The summed E-state index contributed by atoms with van der Waals surface area (Å²) in [6, 6.07) is 7.29. The maximum atomic E-state index is 13.1. The first kappa shape index (κ1) is 23.5. The van der Waals surface area contributed by atoms with E-state index < -0.39 is 0 Å². The maximum absolute atomic E-state index is 13.1. The van der Waals surface area contributed by atoms with Crippen molar-refractivity contribution in [2.45, 2.75) is 12.8 Å². The van der Waals surface area contributed by atoms with E-state index in [-0.39, 0.29) is 11.9 Å². The van der Waals surface area contributed by atoms with Crippen LogP contribution in [0, 0.1) is 0 Å². The Morgan fingerprint density at radius 2 is 1.89 bits per heavy atom. The van der Waals surface area contributed by atoms with Crippen molar-refractivity contribution in [1.29, 1.82) is 0 Å². The van der Waals surface area contributed by atoms with Crippen LogP contribution in [0.4, 0.5) is 10.5 Å². The zero-order chi connectivity index (χ0) is 25.1. The van der Waals surface area contributed by atoms with Crippen LogP contribution < -0.4 is 10.6 Å². The van der Waals surface area contributed by atoms with E-state index in [1.54, 1.807) is 32.7 Å². The molecule has 0 atom stereocenters. The number of carbonyl (C=O) groups excluding carboxylic acids is 2. The zero-order valence-corrected chi connectivity index (χ0v) is 20.2. The first-order valence-corrected chi connectivity index (χ1v) is 11.8. The number of morpholine rings is 1. The Balaban J connectivity index is 1.34. The molecule has 0 unspecified atom stereocenters. The number of aliphatic imine (C=N–C) groups is 1.